The van der Waals surface area contributed by atoms with Crippen molar-refractivity contribution in [1.82, 2.24) is 10.3 Å². The lowest BCUT2D eigenvalue weighted by atomic mass is 10.0. The Bertz CT molecular complexity index is 802. The molecule has 118 valence electrons. The quantitative estimate of drug-likeness (QED) is 0.823. The van der Waals surface area contributed by atoms with E-state index in [9.17, 15) is 4.79 Å². The Morgan fingerprint density at radius 1 is 1.43 bits per heavy atom. The Morgan fingerprint density at radius 3 is 2.87 bits per heavy atom. The Kier molecular flexibility index (Phi) is 4.31. The standard InChI is InChI=1S/C15H12ClN3O3S/c1-8-12(22-15(20)21)11(9-4-2-3-5-10(9)16)19-13(18-8)14-17-6-7-23-14/h2-7,11H,1H3,(H,18,19)(H,20,21). The van der Waals surface area contributed by atoms with Gasteiger partial charge in [-0.05, 0) is 13.0 Å². The zero-order valence-electron chi connectivity index (χ0n) is 12.0. The first kappa shape index (κ1) is 15.5. The van der Waals surface area contributed by atoms with Gasteiger partial charge >= 0.3 is 6.16 Å². The topological polar surface area (TPSA) is 83.8 Å². The third-order valence-electron chi connectivity index (χ3n) is 3.21. The zero-order valence-corrected chi connectivity index (χ0v) is 13.6. The fourth-order valence-electron chi connectivity index (χ4n) is 2.25. The van der Waals surface area contributed by atoms with E-state index in [0.717, 1.165) is 0 Å². The predicted octanol–water partition coefficient (Wildman–Crippen LogP) is 3.81. The van der Waals surface area contributed by atoms with Gasteiger partial charge in [0.05, 0.1) is 5.70 Å². The van der Waals surface area contributed by atoms with Gasteiger partial charge in [0.15, 0.2) is 16.6 Å². The van der Waals surface area contributed by atoms with Crippen LogP contribution in [0.1, 0.15) is 23.5 Å². The maximum Gasteiger partial charge on any atom is 0.511 e. The molecule has 2 heterocycles. The number of allylic oxidation sites excluding steroid dienone is 1. The number of benzene rings is 1. The highest BCUT2D eigenvalue weighted by Crippen LogP contribution is 2.35. The highest BCUT2D eigenvalue weighted by atomic mass is 35.5. The average Bonchev–Trinajstić information content (AvgIpc) is 3.04. The van der Waals surface area contributed by atoms with Crippen molar-refractivity contribution in [3.05, 3.63) is 62.9 Å². The molecule has 0 saturated carbocycles. The van der Waals surface area contributed by atoms with Gasteiger partial charge in [0, 0.05) is 22.2 Å². The monoisotopic (exact) mass is 349 g/mol. The van der Waals surface area contributed by atoms with Gasteiger partial charge in [-0.3, -0.25) is 0 Å². The summed E-state index contributed by atoms with van der Waals surface area (Å²) in [6, 6.07) is 6.48. The lowest BCUT2D eigenvalue weighted by Gasteiger charge is -2.25. The molecule has 0 amide bonds. The van der Waals surface area contributed by atoms with Crippen molar-refractivity contribution in [1.29, 1.82) is 0 Å². The molecule has 3 rings (SSSR count). The second-order valence-corrected chi connectivity index (χ2v) is 6.02. The van der Waals surface area contributed by atoms with Gasteiger partial charge in [-0.25, -0.2) is 14.8 Å². The number of hydrogen-bond donors (Lipinski definition) is 2. The highest BCUT2D eigenvalue weighted by molar-refractivity contribution is 7.11. The smallest absolute Gasteiger partial charge is 0.449 e. The molecule has 0 fully saturated rings. The van der Waals surface area contributed by atoms with Gasteiger partial charge in [-0.2, -0.15) is 0 Å². The summed E-state index contributed by atoms with van der Waals surface area (Å²) in [6.07, 6.45) is 0.280. The minimum Gasteiger partial charge on any atom is -0.449 e. The minimum absolute atomic E-state index is 0.200. The number of nitrogens with zero attached hydrogens (tertiary/aromatic N) is 2. The molecular formula is C15H12ClN3O3S. The fourth-order valence-corrected chi connectivity index (χ4v) is 3.07. The number of rotatable bonds is 3. The van der Waals surface area contributed by atoms with Crippen LogP contribution in [0.2, 0.25) is 5.02 Å². The summed E-state index contributed by atoms with van der Waals surface area (Å²) >= 11 is 7.68. The Balaban J connectivity index is 2.09. The number of aromatic nitrogens is 1. The molecule has 0 bridgehead atoms. The number of aliphatic imine (C=N–C) groups is 1. The lowest BCUT2D eigenvalue weighted by Crippen LogP contribution is -2.31. The summed E-state index contributed by atoms with van der Waals surface area (Å²) < 4.78 is 4.94. The van der Waals surface area contributed by atoms with E-state index >= 15 is 0 Å². The SMILES string of the molecule is CC1=C(OC(=O)O)C(c2ccccc2Cl)N=C(c2nccs2)N1. The van der Waals surface area contributed by atoms with Crippen molar-refractivity contribution in [2.45, 2.75) is 13.0 Å². The molecule has 2 N–H and O–H groups in total. The maximum absolute atomic E-state index is 11.0. The molecular weight excluding hydrogens is 338 g/mol. The van der Waals surface area contributed by atoms with E-state index in [4.69, 9.17) is 21.4 Å². The van der Waals surface area contributed by atoms with Crippen molar-refractivity contribution < 1.29 is 14.6 Å². The highest BCUT2D eigenvalue weighted by Gasteiger charge is 2.30. The molecule has 0 aliphatic carbocycles. The summed E-state index contributed by atoms with van der Waals surface area (Å²) in [4.78, 5) is 19.8. The van der Waals surface area contributed by atoms with Crippen molar-refractivity contribution in [3.8, 4) is 0 Å². The van der Waals surface area contributed by atoms with Crippen LogP contribution < -0.4 is 5.32 Å². The van der Waals surface area contributed by atoms with Crippen LogP contribution in [0.4, 0.5) is 4.79 Å². The predicted molar refractivity (Wildman–Crippen MR) is 87.8 cm³/mol. The van der Waals surface area contributed by atoms with Crippen molar-refractivity contribution in [3.63, 3.8) is 0 Å². The first-order valence-corrected chi connectivity index (χ1v) is 7.92. The van der Waals surface area contributed by atoms with Gasteiger partial charge in [0.25, 0.3) is 0 Å². The number of halogens is 1. The van der Waals surface area contributed by atoms with Crippen LogP contribution >= 0.6 is 22.9 Å². The van der Waals surface area contributed by atoms with E-state index in [1.165, 1.54) is 11.3 Å². The summed E-state index contributed by atoms with van der Waals surface area (Å²) in [5.74, 6) is 0.756. The molecule has 8 heteroatoms. The molecule has 1 aliphatic heterocycles. The normalized spacial score (nSPS) is 17.5. The van der Waals surface area contributed by atoms with Gasteiger partial charge < -0.3 is 15.2 Å². The Hall–Kier alpha value is -2.38. The van der Waals surface area contributed by atoms with Crippen molar-refractivity contribution in [2.75, 3.05) is 0 Å². The van der Waals surface area contributed by atoms with Crippen LogP contribution in [0.5, 0.6) is 0 Å². The Morgan fingerprint density at radius 2 is 2.22 bits per heavy atom. The number of carbonyl (C=O) groups is 1. The molecule has 0 radical (unpaired) electrons. The number of thiazole rings is 1. The third kappa shape index (κ3) is 3.20. The van der Waals surface area contributed by atoms with Crippen LogP contribution in [0.15, 0.2) is 52.3 Å². The van der Waals surface area contributed by atoms with Gasteiger partial charge in [0.1, 0.15) is 6.04 Å². The molecule has 6 nitrogen and oxygen atoms in total. The molecule has 1 atom stereocenters. The lowest BCUT2D eigenvalue weighted by molar-refractivity contribution is 0.112. The van der Waals surface area contributed by atoms with Crippen LogP contribution in [0, 0.1) is 0 Å². The van der Waals surface area contributed by atoms with Gasteiger partial charge in [0.2, 0.25) is 0 Å². The van der Waals surface area contributed by atoms with Crippen molar-refractivity contribution in [2.24, 2.45) is 4.99 Å². The molecule has 23 heavy (non-hydrogen) atoms. The largest absolute Gasteiger partial charge is 0.511 e. The van der Waals surface area contributed by atoms with E-state index in [2.05, 4.69) is 15.3 Å². The van der Waals surface area contributed by atoms with E-state index < -0.39 is 12.2 Å². The van der Waals surface area contributed by atoms with Crippen molar-refractivity contribution >= 4 is 34.9 Å². The number of nitrogens with one attached hydrogen (secondary N) is 1. The first-order valence-electron chi connectivity index (χ1n) is 6.67. The Labute approximate surface area is 141 Å². The maximum atomic E-state index is 11.0. The van der Waals surface area contributed by atoms with Gasteiger partial charge in [-0.15, -0.1) is 11.3 Å². The summed E-state index contributed by atoms with van der Waals surface area (Å²) in [5, 5.41) is 15.1. The van der Waals surface area contributed by atoms with E-state index in [0.29, 0.717) is 27.1 Å². The summed E-state index contributed by atoms with van der Waals surface area (Å²) in [5.41, 5.74) is 1.22. The van der Waals surface area contributed by atoms with E-state index in [1.54, 1.807) is 31.3 Å². The zero-order chi connectivity index (χ0) is 16.4. The molecule has 0 spiro atoms. The molecule has 1 aliphatic rings. The van der Waals surface area contributed by atoms with E-state index in [-0.39, 0.29) is 5.76 Å². The molecule has 0 saturated heterocycles. The van der Waals surface area contributed by atoms with Crippen LogP contribution in [0.3, 0.4) is 0 Å². The van der Waals surface area contributed by atoms with Gasteiger partial charge in [-0.1, -0.05) is 29.8 Å². The average molecular weight is 350 g/mol. The summed E-state index contributed by atoms with van der Waals surface area (Å²) in [6.45, 7) is 1.73. The van der Waals surface area contributed by atoms with Crippen LogP contribution in [0.25, 0.3) is 0 Å². The number of ether oxygens (including phenoxy) is 1. The summed E-state index contributed by atoms with van der Waals surface area (Å²) in [7, 11) is 0. The second kappa shape index (κ2) is 6.39. The molecule has 1 aromatic heterocycles. The molecule has 1 unspecified atom stereocenters. The number of carboxylic acid groups (broad SMARTS) is 1. The second-order valence-electron chi connectivity index (χ2n) is 4.72. The molecule has 1 aromatic carbocycles. The van der Waals surface area contributed by atoms with Crippen LogP contribution in [-0.2, 0) is 4.74 Å². The minimum atomic E-state index is -1.40. The molecule has 2 aromatic rings. The number of amidine groups is 1. The van der Waals surface area contributed by atoms with Crippen LogP contribution in [-0.4, -0.2) is 22.1 Å². The third-order valence-corrected chi connectivity index (χ3v) is 4.34. The van der Waals surface area contributed by atoms with E-state index in [1.807, 2.05) is 11.4 Å². The fraction of sp³-hybridized carbons (Fsp3) is 0.133. The number of hydrogen-bond acceptors (Lipinski definition) is 6. The first-order chi connectivity index (χ1) is 11.1.